The third-order valence-corrected chi connectivity index (χ3v) is 4.34. The Morgan fingerprint density at radius 2 is 2.28 bits per heavy atom. The van der Waals surface area contributed by atoms with Crippen LogP contribution in [0.2, 0.25) is 0 Å². The summed E-state index contributed by atoms with van der Waals surface area (Å²) in [6.45, 7) is 0. The van der Waals surface area contributed by atoms with E-state index in [2.05, 4.69) is 49.0 Å². The summed E-state index contributed by atoms with van der Waals surface area (Å²) >= 11 is 3.83. The van der Waals surface area contributed by atoms with Gasteiger partial charge in [0.25, 0.3) is 5.56 Å². The number of anilines is 1. The van der Waals surface area contributed by atoms with Gasteiger partial charge in [0.2, 0.25) is 5.95 Å². The second-order valence-corrected chi connectivity index (χ2v) is 5.76. The van der Waals surface area contributed by atoms with Crippen molar-refractivity contribution in [3.8, 4) is 0 Å². The average Bonchev–Trinajstić information content (AvgIpc) is 2.91. The van der Waals surface area contributed by atoms with E-state index in [1.165, 1.54) is 5.56 Å². The normalized spacial score (nSPS) is 11.2. The van der Waals surface area contributed by atoms with Crippen molar-refractivity contribution < 1.29 is 0 Å². The van der Waals surface area contributed by atoms with Crippen LogP contribution in [-0.4, -0.2) is 15.0 Å². The number of nitrogens with one attached hydrogen (secondary N) is 2. The number of thiophene rings is 1. The number of hydrogen-bond donors (Lipinski definition) is 3. The van der Waals surface area contributed by atoms with Crippen molar-refractivity contribution in [2.45, 2.75) is 6.42 Å². The molecule has 18 heavy (non-hydrogen) atoms. The average molecular weight is 372 g/mol. The van der Waals surface area contributed by atoms with Crippen molar-refractivity contribution in [1.82, 2.24) is 15.0 Å². The second-order valence-electron chi connectivity index (χ2n) is 3.90. The minimum Gasteiger partial charge on any atom is -0.369 e. The molecule has 3 heterocycles. The largest absolute Gasteiger partial charge is 0.369 e. The van der Waals surface area contributed by atoms with Crippen LogP contribution in [0, 0.1) is 3.70 Å². The van der Waals surface area contributed by atoms with Gasteiger partial charge in [0, 0.05) is 12.0 Å². The zero-order valence-electron chi connectivity index (χ0n) is 9.16. The first-order valence-corrected chi connectivity index (χ1v) is 7.24. The van der Waals surface area contributed by atoms with Gasteiger partial charge < -0.3 is 10.7 Å². The molecule has 0 aromatic carbocycles. The van der Waals surface area contributed by atoms with Crippen LogP contribution in [0.3, 0.4) is 0 Å². The fourth-order valence-electron chi connectivity index (χ4n) is 1.87. The lowest BCUT2D eigenvalue weighted by atomic mass is 10.1. The molecule has 0 aliphatic rings. The van der Waals surface area contributed by atoms with E-state index in [0.29, 0.717) is 11.0 Å². The number of fused-ring (bicyclic) bond motifs is 1. The Bertz CT molecular complexity index is 759. The van der Waals surface area contributed by atoms with Crippen molar-refractivity contribution in [1.29, 1.82) is 0 Å². The molecule has 92 valence electrons. The lowest BCUT2D eigenvalue weighted by Crippen LogP contribution is -2.11. The summed E-state index contributed by atoms with van der Waals surface area (Å²) in [7, 11) is 0. The SMILES string of the molecule is Nc1nc2c(Cc3ccsc3)c(I)[nH]c2c(=O)[nH]1. The fraction of sp³-hybridized carbons (Fsp3) is 0.0909. The van der Waals surface area contributed by atoms with Gasteiger partial charge in [-0.1, -0.05) is 0 Å². The highest BCUT2D eigenvalue weighted by Crippen LogP contribution is 2.24. The highest BCUT2D eigenvalue weighted by atomic mass is 127. The van der Waals surface area contributed by atoms with Crippen LogP contribution in [0.15, 0.2) is 21.6 Å². The first kappa shape index (κ1) is 11.7. The van der Waals surface area contributed by atoms with Gasteiger partial charge in [0.15, 0.2) is 0 Å². The van der Waals surface area contributed by atoms with Gasteiger partial charge >= 0.3 is 0 Å². The molecule has 7 heteroatoms. The summed E-state index contributed by atoms with van der Waals surface area (Å²) in [6.07, 6.45) is 0.748. The third-order valence-electron chi connectivity index (χ3n) is 2.68. The predicted molar refractivity (Wildman–Crippen MR) is 81.0 cm³/mol. The van der Waals surface area contributed by atoms with Crippen LogP contribution >= 0.6 is 33.9 Å². The molecule has 0 saturated heterocycles. The Balaban J connectivity index is 2.22. The van der Waals surface area contributed by atoms with Crippen molar-refractivity contribution in [3.63, 3.8) is 0 Å². The number of H-pyrrole nitrogens is 2. The number of nitrogens with zero attached hydrogens (tertiary/aromatic N) is 1. The van der Waals surface area contributed by atoms with E-state index < -0.39 is 0 Å². The number of rotatable bonds is 2. The van der Waals surface area contributed by atoms with Crippen LogP contribution in [0.5, 0.6) is 0 Å². The Hall–Kier alpha value is -1.35. The molecule has 0 aliphatic heterocycles. The van der Waals surface area contributed by atoms with Crippen LogP contribution in [0.25, 0.3) is 11.0 Å². The topological polar surface area (TPSA) is 87.6 Å². The van der Waals surface area contributed by atoms with Crippen molar-refractivity contribution in [3.05, 3.63) is 42.0 Å². The molecule has 0 aliphatic carbocycles. The van der Waals surface area contributed by atoms with Gasteiger partial charge in [0.1, 0.15) is 11.0 Å². The number of hydrogen-bond acceptors (Lipinski definition) is 4. The molecule has 3 rings (SSSR count). The number of aromatic nitrogens is 3. The van der Waals surface area contributed by atoms with Crippen molar-refractivity contribution in [2.24, 2.45) is 0 Å². The molecule has 0 fully saturated rings. The summed E-state index contributed by atoms with van der Waals surface area (Å²) in [6, 6.07) is 2.07. The molecule has 0 saturated carbocycles. The van der Waals surface area contributed by atoms with E-state index in [-0.39, 0.29) is 11.5 Å². The molecule has 0 radical (unpaired) electrons. The van der Waals surface area contributed by atoms with E-state index >= 15 is 0 Å². The Kier molecular flexibility index (Phi) is 2.86. The lowest BCUT2D eigenvalue weighted by Gasteiger charge is -1.98. The van der Waals surface area contributed by atoms with Crippen molar-refractivity contribution in [2.75, 3.05) is 5.73 Å². The van der Waals surface area contributed by atoms with Gasteiger partial charge in [-0.2, -0.15) is 11.3 Å². The van der Waals surface area contributed by atoms with Gasteiger partial charge in [-0.3, -0.25) is 9.78 Å². The number of nitrogen functional groups attached to an aromatic ring is 1. The molecule has 5 nitrogen and oxygen atoms in total. The van der Waals surface area contributed by atoms with E-state index in [1.807, 2.05) is 5.38 Å². The molecule has 3 aromatic heterocycles. The van der Waals surface area contributed by atoms with Crippen LogP contribution < -0.4 is 11.3 Å². The molecule has 0 atom stereocenters. The van der Waals surface area contributed by atoms with Gasteiger partial charge in [-0.15, -0.1) is 0 Å². The van der Waals surface area contributed by atoms with Crippen LogP contribution in [-0.2, 0) is 6.42 Å². The van der Waals surface area contributed by atoms with E-state index in [4.69, 9.17) is 5.73 Å². The molecule has 0 unspecified atom stereocenters. The van der Waals surface area contributed by atoms with E-state index in [1.54, 1.807) is 11.3 Å². The third kappa shape index (κ3) is 1.93. The summed E-state index contributed by atoms with van der Waals surface area (Å²) in [4.78, 5) is 21.5. The summed E-state index contributed by atoms with van der Waals surface area (Å²) in [5.74, 6) is 0.148. The van der Waals surface area contributed by atoms with Crippen LogP contribution in [0.1, 0.15) is 11.1 Å². The maximum Gasteiger partial charge on any atom is 0.276 e. The van der Waals surface area contributed by atoms with Gasteiger partial charge in [-0.05, 0) is 45.0 Å². The van der Waals surface area contributed by atoms with Crippen LogP contribution in [0.4, 0.5) is 5.95 Å². The second kappa shape index (κ2) is 4.39. The molecule has 0 amide bonds. The summed E-state index contributed by atoms with van der Waals surface area (Å²) < 4.78 is 0.928. The number of aromatic amines is 2. The monoisotopic (exact) mass is 372 g/mol. The zero-order chi connectivity index (χ0) is 12.7. The van der Waals surface area contributed by atoms with Gasteiger partial charge in [-0.25, -0.2) is 4.98 Å². The minimum atomic E-state index is -0.230. The summed E-state index contributed by atoms with van der Waals surface area (Å²) in [5, 5.41) is 4.12. The van der Waals surface area contributed by atoms with Gasteiger partial charge in [0.05, 0.1) is 3.70 Å². The number of nitrogens with two attached hydrogens (primary N) is 1. The molecule has 3 aromatic rings. The molecular formula is C11H9IN4OS. The van der Waals surface area contributed by atoms with Crippen molar-refractivity contribution >= 4 is 50.9 Å². The zero-order valence-corrected chi connectivity index (χ0v) is 12.1. The Morgan fingerprint density at radius 1 is 1.44 bits per heavy atom. The molecule has 0 spiro atoms. The first-order chi connectivity index (χ1) is 8.65. The smallest absolute Gasteiger partial charge is 0.276 e. The predicted octanol–water partition coefficient (Wildman–Crippen LogP) is 2.09. The fourth-order valence-corrected chi connectivity index (χ4v) is 3.26. The number of halogens is 1. The Morgan fingerprint density at radius 3 is 3.00 bits per heavy atom. The standard InChI is InChI=1S/C11H9IN4OS/c12-9-6(3-5-1-2-18-4-5)7-8(14-9)10(17)16-11(13)15-7/h1-2,4,14H,3H2,(H3,13,15,16,17). The molecule has 4 N–H and O–H groups in total. The molecule has 0 bridgehead atoms. The maximum absolute atomic E-state index is 11.8. The highest BCUT2D eigenvalue weighted by molar-refractivity contribution is 14.1. The van der Waals surface area contributed by atoms with E-state index in [0.717, 1.165) is 15.7 Å². The maximum atomic E-state index is 11.8. The quantitative estimate of drug-likeness (QED) is 0.602. The first-order valence-electron chi connectivity index (χ1n) is 5.22. The molecular weight excluding hydrogens is 363 g/mol. The Labute approximate surface area is 120 Å². The highest BCUT2D eigenvalue weighted by Gasteiger charge is 2.14. The van der Waals surface area contributed by atoms with E-state index in [9.17, 15) is 4.79 Å². The summed E-state index contributed by atoms with van der Waals surface area (Å²) in [5.41, 5.74) is 8.73. The minimum absolute atomic E-state index is 0.148. The lowest BCUT2D eigenvalue weighted by molar-refractivity contribution is 1.17.